The molecule has 1 aliphatic rings. The van der Waals surface area contributed by atoms with Crippen molar-refractivity contribution in [2.75, 3.05) is 16.4 Å². The minimum Gasteiger partial charge on any atom is -0.397 e. The van der Waals surface area contributed by atoms with Crippen LogP contribution in [0.15, 0.2) is 63.4 Å². The second kappa shape index (κ2) is 10.9. The number of Topliss-reactive ketones (excluding diaryl/α,β-unsaturated/α-hetero) is 2. The fourth-order valence-corrected chi connectivity index (χ4v) is 5.96. The molecule has 13 heteroatoms. The summed E-state index contributed by atoms with van der Waals surface area (Å²) in [5.74, 6) is -1.90. The number of nitrogen functional groups attached to an aromatic ring is 1. The quantitative estimate of drug-likeness (QED) is 0.106. The number of nitrogens with one attached hydrogen (secondary N) is 2. The highest BCUT2D eigenvalue weighted by Gasteiger charge is 2.35. The van der Waals surface area contributed by atoms with Gasteiger partial charge in [0.25, 0.3) is 16.0 Å². The summed E-state index contributed by atoms with van der Waals surface area (Å²) >= 11 is 3.22. The Morgan fingerprint density at radius 2 is 1.54 bits per heavy atom. The van der Waals surface area contributed by atoms with E-state index in [-0.39, 0.29) is 77.6 Å². The minimum absolute atomic E-state index is 0.00933. The van der Waals surface area contributed by atoms with E-state index in [4.69, 9.17) is 5.73 Å². The van der Waals surface area contributed by atoms with Crippen molar-refractivity contribution in [2.24, 2.45) is 0 Å². The third-order valence-electron chi connectivity index (χ3n) is 6.25. The van der Waals surface area contributed by atoms with Gasteiger partial charge in [-0.25, -0.2) is 0 Å². The number of hydrogen-bond donors (Lipinski definition) is 5. The van der Waals surface area contributed by atoms with E-state index in [0.29, 0.717) is 5.56 Å². The van der Waals surface area contributed by atoms with Gasteiger partial charge in [-0.15, -0.1) is 0 Å². The third kappa shape index (κ3) is 5.11. The van der Waals surface area contributed by atoms with E-state index in [2.05, 4.69) is 46.3 Å². The number of benzene rings is 2. The lowest BCUT2D eigenvalue weighted by Crippen LogP contribution is -2.24. The van der Waals surface area contributed by atoms with Crippen molar-refractivity contribution < 1.29 is 31.9 Å². The first-order valence-electron chi connectivity index (χ1n) is 11.0. The number of anilines is 4. The molecule has 1 amide bonds. The summed E-state index contributed by atoms with van der Waals surface area (Å²) in [7, 11) is -4.80. The fourth-order valence-electron chi connectivity index (χ4n) is 4.51. The van der Waals surface area contributed by atoms with Gasteiger partial charge in [-0.05, 0) is 59.5 Å². The van der Waals surface area contributed by atoms with Crippen LogP contribution in [0.5, 0.6) is 0 Å². The van der Waals surface area contributed by atoms with E-state index in [1.807, 2.05) is 0 Å². The molecule has 0 radical (unpaired) electrons. The average Bonchev–Trinajstić information content (AvgIpc) is 2.85. The molecule has 2 aromatic carbocycles. The zero-order valence-corrected chi connectivity index (χ0v) is 24.3. The lowest BCUT2D eigenvalue weighted by Gasteiger charge is -2.26. The van der Waals surface area contributed by atoms with E-state index < -0.39 is 32.5 Å². The van der Waals surface area contributed by atoms with Gasteiger partial charge < -0.3 is 20.9 Å². The van der Waals surface area contributed by atoms with Gasteiger partial charge in [0, 0.05) is 28.9 Å². The van der Waals surface area contributed by atoms with E-state index >= 15 is 0 Å². The van der Waals surface area contributed by atoms with Crippen LogP contribution in [0.2, 0.25) is 0 Å². The Labute approximate surface area is 237 Å². The molecule has 0 aliphatic heterocycles. The van der Waals surface area contributed by atoms with Gasteiger partial charge in [0.2, 0.25) is 0 Å². The molecule has 0 atom stereocenters. The average molecular weight is 635 g/mol. The molecule has 6 N–H and O–H groups in total. The van der Waals surface area contributed by atoms with Gasteiger partial charge >= 0.3 is 0 Å². The molecule has 0 fully saturated rings. The normalized spacial score (nSPS) is 13.2. The molecule has 1 aliphatic carbocycles. The molecule has 0 aromatic heterocycles. The Morgan fingerprint density at radius 1 is 1.03 bits per heavy atom. The number of carbonyl (C=O) groups is 3. The monoisotopic (exact) mass is 633 g/mol. The smallest absolute Gasteiger partial charge is 0.295 e. The first-order chi connectivity index (χ1) is 18.1. The van der Waals surface area contributed by atoms with Crippen LogP contribution in [0.4, 0.5) is 22.7 Å². The molecule has 10 nitrogen and oxygen atoms in total. The highest BCUT2D eigenvalue weighted by Crippen LogP contribution is 2.44. The van der Waals surface area contributed by atoms with Gasteiger partial charge in [0.1, 0.15) is 4.90 Å². The first kappa shape index (κ1) is 30.1. The van der Waals surface area contributed by atoms with Gasteiger partial charge in [-0.1, -0.05) is 31.9 Å². The van der Waals surface area contributed by atoms with Gasteiger partial charge in [0.05, 0.1) is 37.6 Å². The molecule has 0 saturated carbocycles. The van der Waals surface area contributed by atoms with E-state index in [9.17, 15) is 31.9 Å². The van der Waals surface area contributed by atoms with E-state index in [1.54, 1.807) is 6.92 Å². The molecular formula is C26H24BrN3O7S2. The topological polar surface area (TPSA) is 176 Å². The summed E-state index contributed by atoms with van der Waals surface area (Å²) in [5.41, 5.74) is 6.31. The second-order valence-electron chi connectivity index (χ2n) is 8.48. The van der Waals surface area contributed by atoms with Crippen LogP contribution in [0.25, 0.3) is 0 Å². The van der Waals surface area contributed by atoms with Crippen LogP contribution >= 0.6 is 28.0 Å². The van der Waals surface area contributed by atoms with Crippen LogP contribution < -0.4 is 16.4 Å². The predicted molar refractivity (Wildman–Crippen MR) is 156 cm³/mol. The van der Waals surface area contributed by atoms with Crippen LogP contribution in [0, 0.1) is 20.8 Å². The molecule has 0 saturated heterocycles. The number of halogens is 1. The Balaban J connectivity index is 2.43. The second-order valence-corrected chi connectivity index (χ2v) is 11.4. The summed E-state index contributed by atoms with van der Waals surface area (Å²) < 4.78 is 44.7. The van der Waals surface area contributed by atoms with E-state index in [1.165, 1.54) is 32.1 Å². The van der Waals surface area contributed by atoms with E-state index in [0.717, 1.165) is 0 Å². The number of amides is 1. The number of rotatable bonds is 8. The fraction of sp³-hybridized carbons (Fsp3) is 0.115. The van der Waals surface area contributed by atoms with Crippen molar-refractivity contribution in [3.8, 4) is 0 Å². The van der Waals surface area contributed by atoms with Crippen molar-refractivity contribution in [1.82, 2.24) is 0 Å². The molecule has 39 heavy (non-hydrogen) atoms. The Morgan fingerprint density at radius 3 is 2.00 bits per heavy atom. The highest BCUT2D eigenvalue weighted by molar-refractivity contribution is 9.12. The van der Waals surface area contributed by atoms with Gasteiger partial charge in [0.15, 0.2) is 11.6 Å². The number of fused-ring (bicyclic) bond motifs is 1. The largest absolute Gasteiger partial charge is 0.397 e. The zero-order chi connectivity index (χ0) is 29.6. The zero-order valence-electron chi connectivity index (χ0n) is 21.1. The van der Waals surface area contributed by atoms with Crippen LogP contribution in [0.1, 0.15) is 37.4 Å². The van der Waals surface area contributed by atoms with Gasteiger partial charge in [-0.2, -0.15) is 8.42 Å². The maximum atomic E-state index is 13.6. The van der Waals surface area contributed by atoms with Crippen molar-refractivity contribution in [2.45, 2.75) is 30.6 Å². The van der Waals surface area contributed by atoms with Crippen molar-refractivity contribution >= 4 is 78.3 Å². The van der Waals surface area contributed by atoms with Crippen molar-refractivity contribution in [3.63, 3.8) is 0 Å². The number of nitrogens with two attached hydrogens (primary N) is 1. The molecule has 0 spiro atoms. The predicted octanol–water partition coefficient (Wildman–Crippen LogP) is 5.64. The van der Waals surface area contributed by atoms with Crippen molar-refractivity contribution in [1.29, 1.82) is 0 Å². The minimum atomic E-state index is -4.80. The Kier molecular flexibility index (Phi) is 8.43. The van der Waals surface area contributed by atoms with Crippen LogP contribution in [0.3, 0.4) is 0 Å². The molecule has 0 bridgehead atoms. The number of carbonyl (C=O) groups excluding carboxylic acids is 3. The summed E-state index contributed by atoms with van der Waals surface area (Å²) in [6.07, 6.45) is 2.43. The highest BCUT2D eigenvalue weighted by atomic mass is 79.9. The Bertz CT molecular complexity index is 1680. The molecule has 0 heterocycles. The third-order valence-corrected chi connectivity index (χ3v) is 8.28. The van der Waals surface area contributed by atoms with Crippen LogP contribution in [-0.2, 0) is 14.9 Å². The van der Waals surface area contributed by atoms with Crippen LogP contribution in [-0.4, -0.2) is 35.0 Å². The number of allylic oxidation sites excluding steroid dienone is 4. The van der Waals surface area contributed by atoms with Crippen molar-refractivity contribution in [3.05, 3.63) is 81.4 Å². The first-order valence-corrected chi connectivity index (χ1v) is 14.0. The summed E-state index contributed by atoms with van der Waals surface area (Å²) in [4.78, 5) is 38.9. The summed E-state index contributed by atoms with van der Waals surface area (Å²) in [6.45, 7) is 15.1. The molecular weight excluding hydrogens is 610 g/mol. The summed E-state index contributed by atoms with van der Waals surface area (Å²) in [6, 6.07) is 1.33. The SMILES string of the molecule is C=CC1=C(C=C)C(=O)c2c(N)c(SO)cc(Nc3c(C)c(NC(=O)C(=C)Br)c(C)c(S(=O)(=O)O)c3C)c2C1=O. The molecule has 0 unspecified atom stereocenters. The number of hydrogen-bond acceptors (Lipinski definition) is 9. The number of ketones is 2. The Hall–Kier alpha value is -3.49. The maximum Gasteiger partial charge on any atom is 0.295 e. The lowest BCUT2D eigenvalue weighted by molar-refractivity contribution is -0.112. The molecule has 3 rings (SSSR count). The lowest BCUT2D eigenvalue weighted by atomic mass is 9.82. The maximum absolute atomic E-state index is 13.6. The van der Waals surface area contributed by atoms with Gasteiger partial charge in [-0.3, -0.25) is 18.9 Å². The molecule has 204 valence electrons. The standard InChI is InChI=1S/C26H24BrN3O7S2/c1-7-14-15(8-2)24(32)19-18(23(14)31)16(9-17(38-34)20(19)28)29-21-10(3)22(30-26(33)13(6)27)12(5)25(11(21)4)39(35,36)37/h7-9,29,34H,1-2,6,28H2,3-5H3,(H,30,33)(H,35,36,37). The summed E-state index contributed by atoms with van der Waals surface area (Å²) in [5, 5.41) is 5.55. The molecule has 2 aromatic rings.